The molecule has 1 N–H and O–H groups in total. The van der Waals surface area contributed by atoms with E-state index in [0.29, 0.717) is 67.7 Å². The Labute approximate surface area is 219 Å². The Morgan fingerprint density at radius 3 is 2.58 bits per heavy atom. The smallest absolute Gasteiger partial charge is 0.259 e. The molecule has 3 aromatic rings. The first-order chi connectivity index (χ1) is 18.2. The first-order valence-corrected chi connectivity index (χ1v) is 12.8. The second-order valence-electron chi connectivity index (χ2n) is 10.1. The number of aromatic nitrogens is 2. The van der Waals surface area contributed by atoms with Crippen molar-refractivity contribution in [2.75, 3.05) is 63.7 Å². The molecule has 0 saturated carbocycles. The number of nitrogens with one attached hydrogen (secondary N) is 1. The van der Waals surface area contributed by atoms with E-state index < -0.39 is 17.7 Å². The van der Waals surface area contributed by atoms with Gasteiger partial charge in [0.2, 0.25) is 0 Å². The van der Waals surface area contributed by atoms with Crippen molar-refractivity contribution in [1.29, 1.82) is 0 Å². The summed E-state index contributed by atoms with van der Waals surface area (Å²) < 4.78 is 34.2. The summed E-state index contributed by atoms with van der Waals surface area (Å²) >= 11 is 0. The first-order valence-electron chi connectivity index (χ1n) is 12.8. The van der Waals surface area contributed by atoms with Crippen LogP contribution in [0, 0.1) is 11.6 Å². The molecular formula is C27H32F2N6O3. The van der Waals surface area contributed by atoms with Crippen LogP contribution in [-0.2, 0) is 4.74 Å². The molecule has 1 aromatic carbocycles. The highest BCUT2D eigenvalue weighted by Gasteiger charge is 2.29. The Bertz CT molecular complexity index is 1410. The lowest BCUT2D eigenvalue weighted by Crippen LogP contribution is -2.38. The molecule has 5 rings (SSSR count). The zero-order chi connectivity index (χ0) is 27.0. The quantitative estimate of drug-likeness (QED) is 0.529. The molecule has 2 fully saturated rings. The predicted molar refractivity (Wildman–Crippen MR) is 141 cm³/mol. The number of ether oxygens (including phenoxy) is 1. The van der Waals surface area contributed by atoms with Gasteiger partial charge in [-0.3, -0.25) is 14.0 Å². The number of rotatable bonds is 6. The molecule has 2 atom stereocenters. The SMILES string of the molecule is CC(Nc1ccc(F)c(F)c1)c1cc(C(=O)N2CCC(N(C)C)C2)cn2c(=O)cc(N3CCOCC3)nc12. The van der Waals surface area contributed by atoms with Crippen LogP contribution in [-0.4, -0.2) is 84.6 Å². The average Bonchev–Trinajstić information content (AvgIpc) is 3.41. The maximum absolute atomic E-state index is 13.9. The molecule has 9 nitrogen and oxygen atoms in total. The summed E-state index contributed by atoms with van der Waals surface area (Å²) in [7, 11) is 3.99. The van der Waals surface area contributed by atoms with Crippen molar-refractivity contribution in [3.63, 3.8) is 0 Å². The van der Waals surface area contributed by atoms with Gasteiger partial charge in [0.15, 0.2) is 11.6 Å². The first kappa shape index (κ1) is 26.1. The van der Waals surface area contributed by atoms with Gasteiger partial charge in [0.25, 0.3) is 11.5 Å². The molecule has 0 aliphatic carbocycles. The summed E-state index contributed by atoms with van der Waals surface area (Å²) in [6.45, 7) is 5.36. The summed E-state index contributed by atoms with van der Waals surface area (Å²) in [5, 5.41) is 3.17. The van der Waals surface area contributed by atoms with Gasteiger partial charge >= 0.3 is 0 Å². The van der Waals surface area contributed by atoms with E-state index >= 15 is 0 Å². The third-order valence-corrected chi connectivity index (χ3v) is 7.31. The minimum Gasteiger partial charge on any atom is -0.378 e. The molecule has 38 heavy (non-hydrogen) atoms. The number of fused-ring (bicyclic) bond motifs is 1. The zero-order valence-electron chi connectivity index (χ0n) is 21.8. The molecular weight excluding hydrogens is 494 g/mol. The third-order valence-electron chi connectivity index (χ3n) is 7.31. The van der Waals surface area contributed by atoms with E-state index in [1.165, 1.54) is 16.5 Å². The largest absolute Gasteiger partial charge is 0.378 e. The topological polar surface area (TPSA) is 82.4 Å². The van der Waals surface area contributed by atoms with Crippen LogP contribution >= 0.6 is 0 Å². The van der Waals surface area contributed by atoms with Crippen molar-refractivity contribution in [2.45, 2.75) is 25.4 Å². The fourth-order valence-electron chi connectivity index (χ4n) is 5.05. The van der Waals surface area contributed by atoms with E-state index in [1.54, 1.807) is 17.2 Å². The van der Waals surface area contributed by atoms with Crippen LogP contribution in [0.5, 0.6) is 0 Å². The van der Waals surface area contributed by atoms with Crippen LogP contribution in [0.2, 0.25) is 0 Å². The number of hydrogen-bond donors (Lipinski definition) is 1. The van der Waals surface area contributed by atoms with Gasteiger partial charge < -0.3 is 24.8 Å². The highest BCUT2D eigenvalue weighted by Crippen LogP contribution is 2.27. The van der Waals surface area contributed by atoms with Crippen LogP contribution < -0.4 is 15.8 Å². The number of halogens is 2. The van der Waals surface area contributed by atoms with Gasteiger partial charge in [0.1, 0.15) is 11.5 Å². The van der Waals surface area contributed by atoms with E-state index in [2.05, 4.69) is 10.2 Å². The lowest BCUT2D eigenvalue weighted by molar-refractivity contribution is 0.0782. The maximum Gasteiger partial charge on any atom is 0.259 e. The number of benzene rings is 1. The number of anilines is 2. The minimum absolute atomic E-state index is 0.165. The van der Waals surface area contributed by atoms with E-state index in [4.69, 9.17) is 9.72 Å². The zero-order valence-corrected chi connectivity index (χ0v) is 21.8. The summed E-state index contributed by atoms with van der Waals surface area (Å²) in [4.78, 5) is 37.6. The van der Waals surface area contributed by atoms with Gasteiger partial charge in [0, 0.05) is 61.8 Å². The highest BCUT2D eigenvalue weighted by atomic mass is 19.2. The molecule has 11 heteroatoms. The minimum atomic E-state index is -0.968. The molecule has 4 heterocycles. The summed E-state index contributed by atoms with van der Waals surface area (Å²) in [5.74, 6) is -1.54. The van der Waals surface area contributed by atoms with Crippen LogP contribution in [0.1, 0.15) is 35.3 Å². The maximum atomic E-state index is 13.9. The Morgan fingerprint density at radius 1 is 1.13 bits per heavy atom. The van der Waals surface area contributed by atoms with Crippen molar-refractivity contribution in [3.8, 4) is 0 Å². The number of carbonyl (C=O) groups is 1. The molecule has 202 valence electrons. The lowest BCUT2D eigenvalue weighted by atomic mass is 10.1. The fraction of sp³-hybridized carbons (Fsp3) is 0.444. The number of nitrogens with zero attached hydrogens (tertiary/aromatic N) is 5. The van der Waals surface area contributed by atoms with Crippen LogP contribution in [0.3, 0.4) is 0 Å². The molecule has 0 bridgehead atoms. The van der Waals surface area contributed by atoms with Crippen molar-refractivity contribution in [1.82, 2.24) is 19.2 Å². The van der Waals surface area contributed by atoms with Gasteiger partial charge in [0.05, 0.1) is 24.8 Å². The molecule has 1 amide bonds. The Kier molecular flexibility index (Phi) is 7.31. The molecule has 2 saturated heterocycles. The Morgan fingerprint density at radius 2 is 1.89 bits per heavy atom. The van der Waals surface area contributed by atoms with E-state index in [-0.39, 0.29) is 17.5 Å². The van der Waals surface area contributed by atoms with Crippen molar-refractivity contribution < 1.29 is 18.3 Å². The Hall–Kier alpha value is -3.57. The van der Waals surface area contributed by atoms with Crippen LogP contribution in [0.15, 0.2) is 41.3 Å². The second kappa shape index (κ2) is 10.7. The standard InChI is InChI=1S/C27H32F2N6O3/c1-17(30-19-4-5-22(28)23(29)13-19)21-12-18(27(37)34-7-6-20(16-34)32(2)3)15-35-25(36)14-24(31-26(21)35)33-8-10-38-11-9-33/h4-5,12-15,17,20,30H,6-11,16H2,1-3H3. The summed E-state index contributed by atoms with van der Waals surface area (Å²) in [6.07, 6.45) is 2.42. The molecule has 0 radical (unpaired) electrons. The third kappa shape index (κ3) is 5.21. The Balaban J connectivity index is 1.57. The number of likely N-dealkylation sites (N-methyl/N-ethyl adjacent to an activating group) is 1. The predicted octanol–water partition coefficient (Wildman–Crippen LogP) is 2.76. The lowest BCUT2D eigenvalue weighted by Gasteiger charge is -2.28. The van der Waals surface area contributed by atoms with Crippen molar-refractivity contribution in [2.24, 2.45) is 0 Å². The number of pyridine rings is 1. The van der Waals surface area contributed by atoms with Gasteiger partial charge in [-0.05, 0) is 45.6 Å². The normalized spacial score (nSPS) is 18.8. The molecule has 2 aliphatic rings. The van der Waals surface area contributed by atoms with Crippen LogP contribution in [0.4, 0.5) is 20.3 Å². The second-order valence-corrected chi connectivity index (χ2v) is 10.1. The summed E-state index contributed by atoms with van der Waals surface area (Å²) in [6, 6.07) is 6.58. The molecule has 2 unspecified atom stereocenters. The highest BCUT2D eigenvalue weighted by molar-refractivity contribution is 5.95. The van der Waals surface area contributed by atoms with Crippen molar-refractivity contribution in [3.05, 3.63) is 69.6 Å². The van der Waals surface area contributed by atoms with Gasteiger partial charge in [-0.1, -0.05) is 0 Å². The van der Waals surface area contributed by atoms with Crippen molar-refractivity contribution >= 4 is 23.1 Å². The van der Waals surface area contributed by atoms with Gasteiger partial charge in [-0.15, -0.1) is 0 Å². The number of likely N-dealkylation sites (tertiary alicyclic amines) is 1. The number of carbonyl (C=O) groups excluding carboxylic acids is 1. The number of hydrogen-bond acceptors (Lipinski definition) is 7. The van der Waals surface area contributed by atoms with Gasteiger partial charge in [-0.25, -0.2) is 13.8 Å². The van der Waals surface area contributed by atoms with E-state index in [9.17, 15) is 18.4 Å². The number of amides is 1. The monoisotopic (exact) mass is 526 g/mol. The van der Waals surface area contributed by atoms with E-state index in [0.717, 1.165) is 18.6 Å². The molecule has 2 aliphatic heterocycles. The average molecular weight is 527 g/mol. The van der Waals surface area contributed by atoms with E-state index in [1.807, 2.05) is 25.9 Å². The molecule has 2 aromatic heterocycles. The van der Waals surface area contributed by atoms with Crippen LogP contribution in [0.25, 0.3) is 5.65 Å². The fourth-order valence-corrected chi connectivity index (χ4v) is 5.05. The van der Waals surface area contributed by atoms with Gasteiger partial charge in [-0.2, -0.15) is 0 Å². The summed E-state index contributed by atoms with van der Waals surface area (Å²) in [5.41, 5.74) is 1.42. The number of morpholine rings is 1. The molecule has 0 spiro atoms.